The molecule has 20 heavy (non-hydrogen) atoms. The van der Waals surface area contributed by atoms with Gasteiger partial charge in [0.05, 0.1) is 18.8 Å². The van der Waals surface area contributed by atoms with Crippen molar-refractivity contribution in [2.45, 2.75) is 57.5 Å². The molecule has 0 atom stereocenters. The van der Waals surface area contributed by atoms with Crippen LogP contribution in [0.2, 0.25) is 0 Å². The first-order valence-corrected chi connectivity index (χ1v) is 9.55. The van der Waals surface area contributed by atoms with E-state index in [0.29, 0.717) is 6.61 Å². The molecule has 4 heteroatoms. The minimum atomic E-state index is 0.126. The summed E-state index contributed by atoms with van der Waals surface area (Å²) in [5, 5.41) is 0. The van der Waals surface area contributed by atoms with Gasteiger partial charge in [-0.1, -0.05) is 42.4 Å². The van der Waals surface area contributed by atoms with E-state index < -0.39 is 0 Å². The maximum atomic E-state index is 6.19. The van der Waals surface area contributed by atoms with Crippen molar-refractivity contribution in [3.8, 4) is 0 Å². The van der Waals surface area contributed by atoms with Gasteiger partial charge in [0.25, 0.3) is 0 Å². The molecule has 1 aliphatic carbocycles. The zero-order valence-corrected chi connectivity index (χ0v) is 15.3. The average molecular weight is 398 g/mol. The van der Waals surface area contributed by atoms with Gasteiger partial charge in [0.1, 0.15) is 0 Å². The Bertz CT molecular complexity index is 228. The Morgan fingerprint density at radius 3 is 2.45 bits per heavy atom. The molecule has 0 N–H and O–H groups in total. The third-order valence-electron chi connectivity index (χ3n) is 4.23. The first kappa shape index (κ1) is 18.7. The second-order valence-electron chi connectivity index (χ2n) is 5.86. The quantitative estimate of drug-likeness (QED) is 0.296. The van der Waals surface area contributed by atoms with Gasteiger partial charge >= 0.3 is 0 Å². The normalized spacial score (nSPS) is 26.9. The number of hydrogen-bond acceptors (Lipinski definition) is 3. The van der Waals surface area contributed by atoms with Crippen LogP contribution in [0.15, 0.2) is 0 Å². The molecule has 0 aromatic carbocycles. The summed E-state index contributed by atoms with van der Waals surface area (Å²) in [5.41, 5.74) is 0.126. The minimum absolute atomic E-state index is 0.126. The molecule has 0 aliphatic heterocycles. The van der Waals surface area contributed by atoms with Gasteiger partial charge in [-0.05, 0) is 38.0 Å². The molecule has 1 aliphatic rings. The summed E-state index contributed by atoms with van der Waals surface area (Å²) >= 11 is 2.49. The van der Waals surface area contributed by atoms with Gasteiger partial charge in [0.15, 0.2) is 0 Å². The Labute approximate surface area is 138 Å². The Morgan fingerprint density at radius 2 is 1.85 bits per heavy atom. The molecular formula is C16H31IO3. The van der Waals surface area contributed by atoms with E-state index in [2.05, 4.69) is 29.5 Å². The van der Waals surface area contributed by atoms with Crippen molar-refractivity contribution < 1.29 is 14.2 Å². The highest BCUT2D eigenvalue weighted by Crippen LogP contribution is 2.38. The molecule has 0 heterocycles. The standard InChI is InChI=1S/C16H31IO3/c1-3-5-15-6-8-16(14-17,9-7-15)20-13-12-19-11-4-10-18-2/h15H,3-14H2,1-2H3. The topological polar surface area (TPSA) is 27.7 Å². The lowest BCUT2D eigenvalue weighted by Gasteiger charge is -2.39. The summed E-state index contributed by atoms with van der Waals surface area (Å²) in [6.07, 6.45) is 8.80. The van der Waals surface area contributed by atoms with Crippen LogP contribution in [0.4, 0.5) is 0 Å². The molecule has 0 aromatic rings. The fourth-order valence-corrected chi connectivity index (χ4v) is 3.92. The van der Waals surface area contributed by atoms with Crippen LogP contribution in [0.1, 0.15) is 51.9 Å². The molecule has 120 valence electrons. The number of ether oxygens (including phenoxy) is 3. The molecule has 0 aromatic heterocycles. The highest BCUT2D eigenvalue weighted by Gasteiger charge is 2.34. The smallest absolute Gasteiger partial charge is 0.0772 e. The van der Waals surface area contributed by atoms with Gasteiger partial charge in [-0.2, -0.15) is 0 Å². The molecular weight excluding hydrogens is 367 g/mol. The van der Waals surface area contributed by atoms with E-state index >= 15 is 0 Å². The van der Waals surface area contributed by atoms with Crippen LogP contribution in [0.3, 0.4) is 0 Å². The molecule has 1 fully saturated rings. The SMILES string of the molecule is CCCC1CCC(CI)(OCCOCCCOC)CC1. The summed E-state index contributed by atoms with van der Waals surface area (Å²) in [6, 6.07) is 0. The van der Waals surface area contributed by atoms with Crippen LogP contribution in [-0.2, 0) is 14.2 Å². The van der Waals surface area contributed by atoms with Crippen molar-refractivity contribution in [1.82, 2.24) is 0 Å². The van der Waals surface area contributed by atoms with Crippen molar-refractivity contribution in [3.63, 3.8) is 0 Å². The van der Waals surface area contributed by atoms with Crippen LogP contribution in [0, 0.1) is 5.92 Å². The highest BCUT2D eigenvalue weighted by molar-refractivity contribution is 14.1. The van der Waals surface area contributed by atoms with Crippen LogP contribution >= 0.6 is 22.6 Å². The zero-order chi connectivity index (χ0) is 14.7. The lowest BCUT2D eigenvalue weighted by atomic mass is 9.78. The second kappa shape index (κ2) is 11.2. The summed E-state index contributed by atoms with van der Waals surface area (Å²) in [5.74, 6) is 0.935. The molecule has 1 rings (SSSR count). The van der Waals surface area contributed by atoms with E-state index in [1.165, 1.54) is 38.5 Å². The third kappa shape index (κ3) is 7.05. The molecule has 0 amide bonds. The van der Waals surface area contributed by atoms with Gasteiger partial charge in [-0.15, -0.1) is 0 Å². The van der Waals surface area contributed by atoms with E-state index in [1.807, 2.05) is 0 Å². The number of methoxy groups -OCH3 is 1. The maximum Gasteiger partial charge on any atom is 0.0772 e. The monoisotopic (exact) mass is 398 g/mol. The molecule has 0 bridgehead atoms. The lowest BCUT2D eigenvalue weighted by Crippen LogP contribution is -2.39. The van der Waals surface area contributed by atoms with Crippen molar-refractivity contribution in [2.75, 3.05) is 38.0 Å². The number of hydrogen-bond donors (Lipinski definition) is 0. The minimum Gasteiger partial charge on any atom is -0.385 e. The lowest BCUT2D eigenvalue weighted by molar-refractivity contribution is -0.0787. The van der Waals surface area contributed by atoms with E-state index in [1.54, 1.807) is 7.11 Å². The molecule has 0 spiro atoms. The molecule has 0 radical (unpaired) electrons. The van der Waals surface area contributed by atoms with Crippen LogP contribution in [-0.4, -0.2) is 43.6 Å². The Morgan fingerprint density at radius 1 is 1.10 bits per heavy atom. The van der Waals surface area contributed by atoms with Crippen molar-refractivity contribution in [2.24, 2.45) is 5.92 Å². The van der Waals surface area contributed by atoms with Crippen LogP contribution < -0.4 is 0 Å². The van der Waals surface area contributed by atoms with E-state index in [-0.39, 0.29) is 5.60 Å². The Balaban J connectivity index is 2.13. The van der Waals surface area contributed by atoms with Crippen molar-refractivity contribution in [3.05, 3.63) is 0 Å². The van der Waals surface area contributed by atoms with Crippen molar-refractivity contribution in [1.29, 1.82) is 0 Å². The molecule has 3 nitrogen and oxygen atoms in total. The van der Waals surface area contributed by atoms with E-state index in [4.69, 9.17) is 14.2 Å². The van der Waals surface area contributed by atoms with Crippen molar-refractivity contribution >= 4 is 22.6 Å². The largest absolute Gasteiger partial charge is 0.385 e. The predicted octanol–water partition coefficient (Wildman–Crippen LogP) is 4.22. The first-order valence-electron chi connectivity index (χ1n) is 8.03. The van der Waals surface area contributed by atoms with Gasteiger partial charge in [-0.3, -0.25) is 0 Å². The van der Waals surface area contributed by atoms with Gasteiger partial charge in [0.2, 0.25) is 0 Å². The first-order chi connectivity index (χ1) is 9.76. The average Bonchev–Trinajstić information content (AvgIpc) is 2.48. The fourth-order valence-electron chi connectivity index (χ4n) is 2.94. The number of alkyl halides is 1. The second-order valence-corrected chi connectivity index (χ2v) is 6.62. The fraction of sp³-hybridized carbons (Fsp3) is 1.00. The summed E-state index contributed by atoms with van der Waals surface area (Å²) in [7, 11) is 1.72. The van der Waals surface area contributed by atoms with Crippen LogP contribution in [0.25, 0.3) is 0 Å². The number of halogens is 1. The van der Waals surface area contributed by atoms with E-state index in [9.17, 15) is 0 Å². The van der Waals surface area contributed by atoms with E-state index in [0.717, 1.165) is 36.6 Å². The molecule has 0 unspecified atom stereocenters. The summed E-state index contributed by atoms with van der Waals surface area (Å²) < 4.78 is 17.9. The highest BCUT2D eigenvalue weighted by atomic mass is 127. The summed E-state index contributed by atoms with van der Waals surface area (Å²) in [6.45, 7) is 5.27. The summed E-state index contributed by atoms with van der Waals surface area (Å²) in [4.78, 5) is 0. The van der Waals surface area contributed by atoms with Crippen LogP contribution in [0.5, 0.6) is 0 Å². The molecule has 0 saturated heterocycles. The zero-order valence-electron chi connectivity index (χ0n) is 13.2. The Kier molecular flexibility index (Phi) is 10.5. The van der Waals surface area contributed by atoms with Gasteiger partial charge in [-0.25, -0.2) is 0 Å². The number of rotatable bonds is 11. The van der Waals surface area contributed by atoms with Gasteiger partial charge < -0.3 is 14.2 Å². The van der Waals surface area contributed by atoms with Gasteiger partial charge in [0, 0.05) is 24.8 Å². The third-order valence-corrected chi connectivity index (χ3v) is 5.62. The maximum absolute atomic E-state index is 6.19. The predicted molar refractivity (Wildman–Crippen MR) is 91.7 cm³/mol. The Hall–Kier alpha value is 0.610. The molecule has 1 saturated carbocycles.